The smallest absolute Gasteiger partial charge is 0.211 e. The molecule has 1 amide bonds. The lowest BCUT2D eigenvalue weighted by Gasteiger charge is -2.08. The highest BCUT2D eigenvalue weighted by Crippen LogP contribution is 2.28. The molecule has 0 atom stereocenters. The second-order valence-corrected chi connectivity index (χ2v) is 3.46. The normalized spacial score (nSPS) is 10.0. The number of fused-ring (bicyclic) bond motifs is 1. The number of carbonyl (C=O) groups is 1. The first-order valence-electron chi connectivity index (χ1n) is 4.83. The Bertz CT molecular complexity index is 561. The summed E-state index contributed by atoms with van der Waals surface area (Å²) in [5.41, 5.74) is 0.920. The predicted molar refractivity (Wildman–Crippen MR) is 63.8 cm³/mol. The molecule has 0 fully saturated rings. The molecule has 3 nitrogen and oxygen atoms in total. The molecule has 80 valence electrons. The molecule has 0 unspecified atom stereocenters. The van der Waals surface area contributed by atoms with E-state index in [0.717, 1.165) is 10.8 Å². The number of nitrogens with one attached hydrogen (secondary N) is 1. The van der Waals surface area contributed by atoms with E-state index >= 15 is 0 Å². The summed E-state index contributed by atoms with van der Waals surface area (Å²) in [5, 5.41) is 14.2. The van der Waals surface area contributed by atoms with Gasteiger partial charge in [0, 0.05) is 11.3 Å². The van der Waals surface area contributed by atoms with Crippen LogP contribution in [0.25, 0.3) is 16.5 Å². The minimum Gasteiger partial charge on any atom is -0.507 e. The van der Waals surface area contributed by atoms with Crippen LogP contribution < -0.4 is 5.32 Å². The third-order valence-electron chi connectivity index (χ3n) is 2.42. The van der Waals surface area contributed by atoms with E-state index in [2.05, 4.69) is 11.9 Å². The van der Waals surface area contributed by atoms with Crippen molar-refractivity contribution in [1.82, 2.24) is 5.32 Å². The summed E-state index contributed by atoms with van der Waals surface area (Å²) in [6, 6.07) is 11.1. The summed E-state index contributed by atoms with van der Waals surface area (Å²) in [6.45, 7) is 3.68. The van der Waals surface area contributed by atoms with E-state index < -0.39 is 0 Å². The highest BCUT2D eigenvalue weighted by Gasteiger charge is 2.06. The van der Waals surface area contributed by atoms with Gasteiger partial charge >= 0.3 is 0 Å². The molecule has 0 aromatic heterocycles. The molecule has 0 aliphatic rings. The minimum atomic E-state index is 0.109. The fraction of sp³-hybridized carbons (Fsp3) is 0. The largest absolute Gasteiger partial charge is 0.507 e. The van der Waals surface area contributed by atoms with Crippen molar-refractivity contribution in [2.24, 2.45) is 0 Å². The maximum absolute atomic E-state index is 10.3. The molecule has 2 aromatic carbocycles. The van der Waals surface area contributed by atoms with Gasteiger partial charge in [-0.1, -0.05) is 30.8 Å². The van der Waals surface area contributed by atoms with E-state index in [9.17, 15) is 9.90 Å². The van der Waals surface area contributed by atoms with Gasteiger partial charge in [0.15, 0.2) is 0 Å². The molecule has 0 saturated heterocycles. The molecule has 0 saturated carbocycles. The molecule has 16 heavy (non-hydrogen) atoms. The van der Waals surface area contributed by atoms with Gasteiger partial charge in [-0.15, -0.1) is 0 Å². The number of hydrogen-bond donors (Lipinski definition) is 2. The Balaban J connectivity index is 2.58. The van der Waals surface area contributed by atoms with E-state index in [1.54, 1.807) is 12.1 Å². The number of benzene rings is 2. The van der Waals surface area contributed by atoms with E-state index in [-0.39, 0.29) is 5.75 Å². The van der Waals surface area contributed by atoms with Gasteiger partial charge in [0.05, 0.1) is 0 Å². The zero-order chi connectivity index (χ0) is 11.5. The molecular formula is C13H11NO2. The quantitative estimate of drug-likeness (QED) is 0.768. The van der Waals surface area contributed by atoms with Crippen LogP contribution in [0.2, 0.25) is 0 Å². The summed E-state index contributed by atoms with van der Waals surface area (Å²) in [6.07, 6.45) is 0.539. The van der Waals surface area contributed by atoms with Crippen molar-refractivity contribution in [3.05, 3.63) is 48.5 Å². The molecule has 0 aliphatic heterocycles. The van der Waals surface area contributed by atoms with Crippen LogP contribution >= 0.6 is 0 Å². The van der Waals surface area contributed by atoms with E-state index in [0.29, 0.717) is 17.7 Å². The number of phenols is 1. The van der Waals surface area contributed by atoms with Crippen molar-refractivity contribution >= 4 is 22.9 Å². The number of rotatable bonds is 3. The molecule has 2 rings (SSSR count). The summed E-state index contributed by atoms with van der Waals surface area (Å²) >= 11 is 0. The fourth-order valence-electron chi connectivity index (χ4n) is 1.62. The summed E-state index contributed by atoms with van der Waals surface area (Å²) in [7, 11) is 0. The number of carbonyl (C=O) groups excluding carboxylic acids is 1. The first kappa shape index (κ1) is 10.2. The molecule has 2 N–H and O–H groups in total. The molecule has 0 spiro atoms. The van der Waals surface area contributed by atoms with Crippen molar-refractivity contribution in [2.45, 2.75) is 0 Å². The van der Waals surface area contributed by atoms with Crippen molar-refractivity contribution < 1.29 is 9.90 Å². The molecular weight excluding hydrogens is 202 g/mol. The first-order chi connectivity index (χ1) is 7.72. The predicted octanol–water partition coefficient (Wildman–Crippen LogP) is 2.26. The van der Waals surface area contributed by atoms with Crippen LogP contribution in [-0.2, 0) is 4.79 Å². The second kappa shape index (κ2) is 4.06. The third kappa shape index (κ3) is 1.75. The van der Waals surface area contributed by atoms with E-state index in [1.165, 1.54) is 0 Å². The Kier molecular flexibility index (Phi) is 2.60. The van der Waals surface area contributed by atoms with E-state index in [4.69, 9.17) is 0 Å². The van der Waals surface area contributed by atoms with Crippen LogP contribution in [-0.4, -0.2) is 11.5 Å². The van der Waals surface area contributed by atoms with Gasteiger partial charge in [-0.25, -0.2) is 0 Å². The SMILES string of the molecule is C=C(NC=O)c1cc2ccccc2cc1O. The van der Waals surface area contributed by atoms with Crippen LogP contribution in [0.1, 0.15) is 5.56 Å². The maximum Gasteiger partial charge on any atom is 0.211 e. The van der Waals surface area contributed by atoms with Crippen molar-refractivity contribution in [2.75, 3.05) is 0 Å². The van der Waals surface area contributed by atoms with Gasteiger partial charge in [-0.05, 0) is 22.9 Å². The summed E-state index contributed by atoms with van der Waals surface area (Å²) in [4.78, 5) is 10.3. The second-order valence-electron chi connectivity index (χ2n) is 3.46. The summed E-state index contributed by atoms with van der Waals surface area (Å²) in [5.74, 6) is 0.109. The first-order valence-corrected chi connectivity index (χ1v) is 4.83. The Morgan fingerprint density at radius 2 is 1.88 bits per heavy atom. The Labute approximate surface area is 93.0 Å². The lowest BCUT2D eigenvalue weighted by atomic mass is 10.0. The lowest BCUT2D eigenvalue weighted by molar-refractivity contribution is -0.108. The van der Waals surface area contributed by atoms with Crippen LogP contribution in [0.15, 0.2) is 43.0 Å². The highest BCUT2D eigenvalue weighted by molar-refractivity contribution is 5.89. The number of aromatic hydroxyl groups is 1. The zero-order valence-corrected chi connectivity index (χ0v) is 8.60. The van der Waals surface area contributed by atoms with E-state index in [1.807, 2.05) is 24.3 Å². The van der Waals surface area contributed by atoms with Gasteiger partial charge < -0.3 is 10.4 Å². The number of hydrogen-bond acceptors (Lipinski definition) is 2. The van der Waals surface area contributed by atoms with Crippen molar-refractivity contribution in [1.29, 1.82) is 0 Å². The number of phenolic OH excluding ortho intramolecular Hbond substituents is 1. The Morgan fingerprint density at radius 1 is 1.25 bits per heavy atom. The molecule has 0 bridgehead atoms. The minimum absolute atomic E-state index is 0.109. The third-order valence-corrected chi connectivity index (χ3v) is 2.42. The van der Waals surface area contributed by atoms with Gasteiger partial charge in [-0.2, -0.15) is 0 Å². The molecule has 0 radical (unpaired) electrons. The van der Waals surface area contributed by atoms with Crippen LogP contribution in [0.4, 0.5) is 0 Å². The molecule has 3 heteroatoms. The van der Waals surface area contributed by atoms with Crippen molar-refractivity contribution in [3.8, 4) is 5.75 Å². The number of amides is 1. The lowest BCUT2D eigenvalue weighted by Crippen LogP contribution is -2.07. The van der Waals surface area contributed by atoms with Crippen LogP contribution in [0.3, 0.4) is 0 Å². The Morgan fingerprint density at radius 3 is 2.50 bits per heavy atom. The van der Waals surface area contributed by atoms with Crippen molar-refractivity contribution in [3.63, 3.8) is 0 Å². The Hall–Kier alpha value is -2.29. The van der Waals surface area contributed by atoms with Gasteiger partial charge in [0.25, 0.3) is 0 Å². The van der Waals surface area contributed by atoms with Crippen LogP contribution in [0, 0.1) is 0 Å². The monoisotopic (exact) mass is 213 g/mol. The van der Waals surface area contributed by atoms with Gasteiger partial charge in [0.1, 0.15) is 5.75 Å². The zero-order valence-electron chi connectivity index (χ0n) is 8.60. The standard InChI is InChI=1S/C13H11NO2/c1-9(14-8-15)12-6-10-4-2-3-5-11(10)7-13(12)16/h2-8,16H,1H2,(H,14,15). The molecule has 2 aromatic rings. The highest BCUT2D eigenvalue weighted by atomic mass is 16.3. The van der Waals surface area contributed by atoms with Gasteiger partial charge in [0.2, 0.25) is 6.41 Å². The topological polar surface area (TPSA) is 49.3 Å². The van der Waals surface area contributed by atoms with Gasteiger partial charge in [-0.3, -0.25) is 4.79 Å². The average molecular weight is 213 g/mol. The summed E-state index contributed by atoms with van der Waals surface area (Å²) < 4.78 is 0. The average Bonchev–Trinajstić information content (AvgIpc) is 2.28. The fourth-order valence-corrected chi connectivity index (χ4v) is 1.62. The molecule has 0 aliphatic carbocycles. The maximum atomic E-state index is 10.3. The molecule has 0 heterocycles. The van der Waals surface area contributed by atoms with Crippen LogP contribution in [0.5, 0.6) is 5.75 Å².